The van der Waals surface area contributed by atoms with E-state index in [0.717, 1.165) is 17.9 Å². The van der Waals surface area contributed by atoms with Gasteiger partial charge in [0.05, 0.1) is 16.4 Å². The van der Waals surface area contributed by atoms with Crippen molar-refractivity contribution < 1.29 is 0 Å². The number of fused-ring (bicyclic) bond motifs is 1. The van der Waals surface area contributed by atoms with E-state index in [1.54, 1.807) is 0 Å². The highest BCUT2D eigenvalue weighted by atomic mass is 35.5. The maximum Gasteiger partial charge on any atom is 0.127 e. The second kappa shape index (κ2) is 5.62. The van der Waals surface area contributed by atoms with Gasteiger partial charge < -0.3 is 9.47 Å². The molecule has 1 unspecified atom stereocenters. The molecule has 0 saturated heterocycles. The van der Waals surface area contributed by atoms with Crippen LogP contribution in [0.15, 0.2) is 24.3 Å². The minimum Gasteiger partial charge on any atom is -0.325 e. The van der Waals surface area contributed by atoms with E-state index in [4.69, 9.17) is 16.6 Å². The van der Waals surface area contributed by atoms with Gasteiger partial charge in [0.25, 0.3) is 0 Å². The van der Waals surface area contributed by atoms with Gasteiger partial charge in [-0.15, -0.1) is 11.6 Å². The summed E-state index contributed by atoms with van der Waals surface area (Å²) in [6, 6.07) is 8.36. The molecule has 3 rings (SSSR count). The highest BCUT2D eigenvalue weighted by Gasteiger charge is 2.37. The molecule has 2 aromatic rings. The molecule has 1 aliphatic carbocycles. The molecule has 0 spiro atoms. The van der Waals surface area contributed by atoms with E-state index in [2.05, 4.69) is 41.8 Å². The van der Waals surface area contributed by atoms with Gasteiger partial charge in [-0.25, -0.2) is 4.98 Å². The molecule has 1 atom stereocenters. The summed E-state index contributed by atoms with van der Waals surface area (Å²) in [4.78, 5) is 7.16. The van der Waals surface area contributed by atoms with Crippen molar-refractivity contribution in [3.8, 4) is 0 Å². The number of para-hydroxylation sites is 2. The second-order valence-corrected chi connectivity index (χ2v) is 7.14. The quantitative estimate of drug-likeness (QED) is 0.789. The number of hydrogen-bond donors (Lipinski definition) is 0. The molecular formula is C17H24ClN3. The van der Waals surface area contributed by atoms with E-state index in [0.29, 0.717) is 0 Å². The zero-order chi connectivity index (χ0) is 15.0. The second-order valence-electron chi connectivity index (χ2n) is 6.49. The Morgan fingerprint density at radius 3 is 2.57 bits per heavy atom. The highest BCUT2D eigenvalue weighted by molar-refractivity contribution is 6.20. The molecule has 1 fully saturated rings. The molecule has 0 aliphatic heterocycles. The van der Waals surface area contributed by atoms with Crippen molar-refractivity contribution in [3.63, 3.8) is 0 Å². The average Bonchev–Trinajstić information content (AvgIpc) is 3.05. The summed E-state index contributed by atoms with van der Waals surface area (Å²) in [5.74, 6) is 0.992. The molecule has 114 valence electrons. The summed E-state index contributed by atoms with van der Waals surface area (Å²) < 4.78 is 2.35. The first-order chi connectivity index (χ1) is 10.0. The third-order valence-corrected chi connectivity index (χ3v) is 5.17. The first-order valence-corrected chi connectivity index (χ1v) is 8.24. The first-order valence-electron chi connectivity index (χ1n) is 7.80. The minimum absolute atomic E-state index is 0.0713. The molecule has 1 aromatic carbocycles. The average molecular weight is 306 g/mol. The molecule has 3 nitrogen and oxygen atoms in total. The molecule has 21 heavy (non-hydrogen) atoms. The SMILES string of the molecule is CC(Cl)c1nc2ccccc2n1CC1(N(C)C)CCCC1. The first kappa shape index (κ1) is 14.9. The van der Waals surface area contributed by atoms with Crippen LogP contribution in [-0.2, 0) is 6.54 Å². The normalized spacial score (nSPS) is 19.5. The predicted molar refractivity (Wildman–Crippen MR) is 88.9 cm³/mol. The van der Waals surface area contributed by atoms with E-state index in [9.17, 15) is 0 Å². The number of rotatable bonds is 4. The van der Waals surface area contributed by atoms with E-state index in [1.165, 1.54) is 31.2 Å². The lowest BCUT2D eigenvalue weighted by atomic mass is 9.95. The van der Waals surface area contributed by atoms with Crippen molar-refractivity contribution in [2.45, 2.75) is 50.1 Å². The van der Waals surface area contributed by atoms with Crippen LogP contribution in [0.3, 0.4) is 0 Å². The van der Waals surface area contributed by atoms with Gasteiger partial charge >= 0.3 is 0 Å². The molecule has 0 radical (unpaired) electrons. The fraction of sp³-hybridized carbons (Fsp3) is 0.588. The lowest BCUT2D eigenvalue weighted by molar-refractivity contribution is 0.134. The Kier molecular flexibility index (Phi) is 3.98. The summed E-state index contributed by atoms with van der Waals surface area (Å²) in [5, 5.41) is -0.0713. The molecule has 4 heteroatoms. The van der Waals surface area contributed by atoms with E-state index in [-0.39, 0.29) is 10.9 Å². The predicted octanol–water partition coefficient (Wildman–Crippen LogP) is 4.21. The Morgan fingerprint density at radius 2 is 1.95 bits per heavy atom. The number of aromatic nitrogens is 2. The maximum absolute atomic E-state index is 6.39. The summed E-state index contributed by atoms with van der Waals surface area (Å²) in [6.07, 6.45) is 5.14. The Morgan fingerprint density at radius 1 is 1.29 bits per heavy atom. The largest absolute Gasteiger partial charge is 0.325 e. The van der Waals surface area contributed by atoms with Crippen LogP contribution >= 0.6 is 11.6 Å². The van der Waals surface area contributed by atoms with Gasteiger partial charge in [-0.2, -0.15) is 0 Å². The summed E-state index contributed by atoms with van der Waals surface area (Å²) in [5.41, 5.74) is 2.49. The standard InChI is InChI=1S/C17H24ClN3/c1-13(18)16-19-14-8-4-5-9-15(14)21(16)12-17(20(2)3)10-6-7-11-17/h4-5,8-9,13H,6-7,10-12H2,1-3H3. The number of alkyl halides is 1. The summed E-state index contributed by atoms with van der Waals surface area (Å²) in [7, 11) is 4.41. The molecule has 1 aromatic heterocycles. The van der Waals surface area contributed by atoms with Crippen molar-refractivity contribution in [1.82, 2.24) is 14.5 Å². The third kappa shape index (κ3) is 2.58. The number of nitrogens with zero attached hydrogens (tertiary/aromatic N) is 3. The van der Waals surface area contributed by atoms with Crippen LogP contribution in [0.2, 0.25) is 0 Å². The molecule has 1 heterocycles. The molecular weight excluding hydrogens is 282 g/mol. The van der Waals surface area contributed by atoms with Crippen LogP contribution in [0.4, 0.5) is 0 Å². The van der Waals surface area contributed by atoms with E-state index < -0.39 is 0 Å². The van der Waals surface area contributed by atoms with Gasteiger partial charge in [0, 0.05) is 12.1 Å². The fourth-order valence-corrected chi connectivity index (χ4v) is 3.80. The topological polar surface area (TPSA) is 21.1 Å². The van der Waals surface area contributed by atoms with Gasteiger partial charge in [-0.1, -0.05) is 25.0 Å². The fourth-order valence-electron chi connectivity index (χ4n) is 3.64. The van der Waals surface area contributed by atoms with Gasteiger partial charge in [0.2, 0.25) is 0 Å². The Labute approximate surface area is 131 Å². The number of imidazole rings is 1. The molecule has 1 saturated carbocycles. The summed E-state index contributed by atoms with van der Waals surface area (Å²) in [6.45, 7) is 2.99. The van der Waals surface area contributed by atoms with Gasteiger partial charge in [-0.05, 0) is 46.0 Å². The van der Waals surface area contributed by atoms with Gasteiger partial charge in [0.1, 0.15) is 5.82 Å². The molecule has 0 N–H and O–H groups in total. The molecule has 0 amide bonds. The maximum atomic E-state index is 6.39. The summed E-state index contributed by atoms with van der Waals surface area (Å²) >= 11 is 6.39. The lowest BCUT2D eigenvalue weighted by Gasteiger charge is -2.37. The van der Waals surface area contributed by atoms with Crippen molar-refractivity contribution in [2.75, 3.05) is 14.1 Å². The smallest absolute Gasteiger partial charge is 0.127 e. The van der Waals surface area contributed by atoms with Crippen LogP contribution in [-0.4, -0.2) is 34.1 Å². The van der Waals surface area contributed by atoms with Crippen LogP contribution in [0.5, 0.6) is 0 Å². The van der Waals surface area contributed by atoms with Crippen molar-refractivity contribution in [2.24, 2.45) is 0 Å². The Hall–Kier alpha value is -1.06. The number of hydrogen-bond acceptors (Lipinski definition) is 2. The third-order valence-electron chi connectivity index (χ3n) is 4.98. The van der Waals surface area contributed by atoms with E-state index in [1.807, 2.05) is 13.0 Å². The molecule has 1 aliphatic rings. The Bertz CT molecular complexity index is 624. The van der Waals surface area contributed by atoms with Gasteiger partial charge in [-0.3, -0.25) is 0 Å². The van der Waals surface area contributed by atoms with Crippen molar-refractivity contribution in [3.05, 3.63) is 30.1 Å². The van der Waals surface area contributed by atoms with E-state index >= 15 is 0 Å². The zero-order valence-electron chi connectivity index (χ0n) is 13.1. The van der Waals surface area contributed by atoms with Gasteiger partial charge in [0.15, 0.2) is 0 Å². The number of halogens is 1. The Balaban J connectivity index is 2.08. The highest BCUT2D eigenvalue weighted by Crippen LogP contribution is 2.37. The number of likely N-dealkylation sites (N-methyl/N-ethyl adjacent to an activating group) is 1. The minimum atomic E-state index is -0.0713. The molecule has 0 bridgehead atoms. The lowest BCUT2D eigenvalue weighted by Crippen LogP contribution is -2.45. The van der Waals surface area contributed by atoms with Crippen LogP contribution < -0.4 is 0 Å². The zero-order valence-corrected chi connectivity index (χ0v) is 13.9. The van der Waals surface area contributed by atoms with Crippen LogP contribution in [0, 0.1) is 0 Å². The van der Waals surface area contributed by atoms with Crippen molar-refractivity contribution >= 4 is 22.6 Å². The number of benzene rings is 1. The monoisotopic (exact) mass is 305 g/mol. The van der Waals surface area contributed by atoms with Crippen molar-refractivity contribution in [1.29, 1.82) is 0 Å². The van der Waals surface area contributed by atoms with Crippen LogP contribution in [0.1, 0.15) is 43.8 Å². The van der Waals surface area contributed by atoms with Crippen LogP contribution in [0.25, 0.3) is 11.0 Å².